The van der Waals surface area contributed by atoms with Crippen molar-refractivity contribution in [3.05, 3.63) is 0 Å². The molecule has 0 amide bonds. The summed E-state index contributed by atoms with van der Waals surface area (Å²) in [5, 5.41) is 215. The van der Waals surface area contributed by atoms with Crippen molar-refractivity contribution in [2.24, 2.45) is 23.5 Å². The highest BCUT2D eigenvalue weighted by Crippen LogP contribution is 2.41. The minimum Gasteiger partial charge on any atom is -0.477 e. The number of ether oxygens (including phenoxy) is 13. The van der Waals surface area contributed by atoms with Gasteiger partial charge >= 0.3 is 5.97 Å². The van der Waals surface area contributed by atoms with E-state index < -0.39 is 278 Å². The summed E-state index contributed by atoms with van der Waals surface area (Å²) >= 11 is 0. The van der Waals surface area contributed by atoms with E-state index in [4.69, 9.17) is 67.3 Å². The smallest absolute Gasteiger partial charge is 0.364 e. The van der Waals surface area contributed by atoms with Crippen LogP contribution >= 0.6 is 0 Å². The number of carboxylic acid groups (broad SMARTS) is 1. The second-order valence-corrected chi connectivity index (χ2v) is 22.5. The molecule has 7 heterocycles. The average Bonchev–Trinajstić information content (AvgIpc) is 1.71. The first-order chi connectivity index (χ1) is 39.6. The molecule has 490 valence electrons. The Morgan fingerprint density at radius 2 is 0.917 bits per heavy atom. The van der Waals surface area contributed by atoms with E-state index >= 15 is 0 Å². The Hall–Kier alpha value is -1.85. The van der Waals surface area contributed by atoms with Gasteiger partial charge in [0.05, 0.1) is 82.8 Å². The third-order valence-corrected chi connectivity index (χ3v) is 17.0. The third kappa shape index (κ3) is 14.2. The van der Waals surface area contributed by atoms with Crippen molar-refractivity contribution < 1.29 is 169 Å². The van der Waals surface area contributed by atoms with Gasteiger partial charge in [-0.2, -0.15) is 0 Å². The zero-order valence-electron chi connectivity index (χ0n) is 46.1. The van der Waals surface area contributed by atoms with Gasteiger partial charge in [-0.15, -0.1) is 0 Å². The molecule has 0 spiro atoms. The maximum atomic E-state index is 12.8. The van der Waals surface area contributed by atoms with Crippen LogP contribution in [0.1, 0.15) is 34.1 Å². The Balaban J connectivity index is 1.03. The van der Waals surface area contributed by atoms with Gasteiger partial charge < -0.3 is 169 Å². The maximum Gasteiger partial charge on any atom is 0.364 e. The van der Waals surface area contributed by atoms with E-state index in [2.05, 4.69) is 0 Å². The van der Waals surface area contributed by atoms with Crippen molar-refractivity contribution in [3.63, 3.8) is 0 Å². The summed E-state index contributed by atoms with van der Waals surface area (Å²) in [4.78, 5) is 12.8. The summed E-state index contributed by atoms with van der Waals surface area (Å²) in [6.45, 7) is -0.0167. The van der Waals surface area contributed by atoms with E-state index in [1.165, 1.54) is 13.8 Å². The zero-order valence-corrected chi connectivity index (χ0v) is 46.1. The Kier molecular flexibility index (Phi) is 24.4. The van der Waals surface area contributed by atoms with Crippen LogP contribution < -0.4 is 5.73 Å². The molecule has 36 atom stereocenters. The van der Waals surface area contributed by atoms with Gasteiger partial charge in [-0.25, -0.2) is 4.79 Å². The van der Waals surface area contributed by atoms with Crippen molar-refractivity contribution >= 4 is 5.97 Å². The third-order valence-electron chi connectivity index (χ3n) is 17.0. The largest absolute Gasteiger partial charge is 0.477 e. The summed E-state index contributed by atoms with van der Waals surface area (Å²) in [6, 6.07) is -1.58. The molecule has 7 aliphatic heterocycles. The number of aliphatic hydroxyl groups excluding tert-OH is 19. The van der Waals surface area contributed by atoms with Crippen LogP contribution in [0.3, 0.4) is 0 Å². The van der Waals surface area contributed by atoms with Gasteiger partial charge in [-0.1, -0.05) is 20.8 Å². The molecule has 0 aliphatic carbocycles. The van der Waals surface area contributed by atoms with E-state index in [0.29, 0.717) is 0 Å². The molecule has 7 saturated heterocycles. The molecule has 35 nitrogen and oxygen atoms in total. The molecular formula is C49H85NO34. The topological polar surface area (TPSA) is 568 Å². The molecule has 7 fully saturated rings. The van der Waals surface area contributed by atoms with Crippen LogP contribution in [0, 0.1) is 17.8 Å². The lowest BCUT2D eigenvalue weighted by Crippen LogP contribution is -2.70. The van der Waals surface area contributed by atoms with Crippen molar-refractivity contribution in [1.82, 2.24) is 0 Å². The van der Waals surface area contributed by atoms with Crippen LogP contribution in [-0.4, -0.2) is 356 Å². The maximum absolute atomic E-state index is 12.8. The lowest BCUT2D eigenvalue weighted by Gasteiger charge is -2.50. The van der Waals surface area contributed by atoms with Gasteiger partial charge in [0.2, 0.25) is 0 Å². The first-order valence-electron chi connectivity index (χ1n) is 27.6. The normalized spacial score (nSPS) is 51.3. The second-order valence-electron chi connectivity index (χ2n) is 22.5. The average molecular weight is 1230 g/mol. The molecule has 84 heavy (non-hydrogen) atoms. The number of aliphatic hydroxyl groups is 19. The van der Waals surface area contributed by atoms with E-state index in [1.54, 1.807) is 13.8 Å². The standard InChI is InChI=1S/C49H85NO34/c1-13-16(4)73-21(9-54)37(26(13)59)79-43-14(2)27(60)38(22(10-55)76-43)80-45-35(68)33(66)31(64)24(78-45)12-72-47-42(34(67)30(63)19(7-52)75-47)82-44-15(3)28(61)39(23(11-56)77-44)81-46-36(69)41(32(65)20(8-53)74-46)84-49(48(70)71)5-17(57)25(50)40(83-49)29(62)18(58)6-51/h13-47,51-69H,5-12,50H2,1-4H3,(H,70,71)/t13?,14-,15?,16-,17+,18+,19?,20?,21?,22?,23-,24?,25+,26+,27?,28?,29+,30+,31+,32-,33?,34?,35+,36-,37+,38+,39+,40?,41?,42+,43-,44-,45-,46-,47-,49-/m0/s1. The minimum absolute atomic E-state index is 0.440. The number of carboxylic acids is 1. The predicted molar refractivity (Wildman–Crippen MR) is 264 cm³/mol. The summed E-state index contributed by atoms with van der Waals surface area (Å²) in [6.07, 6.45) is -54.7. The van der Waals surface area contributed by atoms with Crippen molar-refractivity contribution in [2.45, 2.75) is 236 Å². The molecule has 0 aromatic heterocycles. The van der Waals surface area contributed by atoms with Crippen molar-refractivity contribution in [1.29, 1.82) is 0 Å². The number of rotatable bonds is 22. The number of hydrogen-bond acceptors (Lipinski definition) is 34. The highest BCUT2D eigenvalue weighted by atomic mass is 16.8. The molecule has 0 aromatic rings. The lowest BCUT2D eigenvalue weighted by atomic mass is 9.88. The van der Waals surface area contributed by atoms with E-state index in [9.17, 15) is 107 Å². The van der Waals surface area contributed by atoms with Gasteiger partial charge in [0.15, 0.2) is 31.5 Å². The van der Waals surface area contributed by atoms with Gasteiger partial charge in [0.25, 0.3) is 5.79 Å². The molecular weight excluding hydrogens is 1150 g/mol. The van der Waals surface area contributed by atoms with Crippen molar-refractivity contribution in [2.75, 3.05) is 46.2 Å². The lowest BCUT2D eigenvalue weighted by molar-refractivity contribution is -0.393. The fraction of sp³-hybridized carbons (Fsp3) is 0.980. The van der Waals surface area contributed by atoms with E-state index in [0.717, 1.165) is 0 Å². The van der Waals surface area contributed by atoms with Crippen molar-refractivity contribution in [3.8, 4) is 0 Å². The summed E-state index contributed by atoms with van der Waals surface area (Å²) < 4.78 is 76.0. The Labute approximate surface area is 479 Å². The van der Waals surface area contributed by atoms with Gasteiger partial charge in [0, 0.05) is 24.2 Å². The summed E-state index contributed by atoms with van der Waals surface area (Å²) in [7, 11) is 0. The predicted octanol–water partition coefficient (Wildman–Crippen LogP) is -12.2. The van der Waals surface area contributed by atoms with E-state index in [-0.39, 0.29) is 0 Å². The number of carbonyl (C=O) groups is 1. The van der Waals surface area contributed by atoms with Crippen LogP contribution in [0.15, 0.2) is 0 Å². The monoisotopic (exact) mass is 1230 g/mol. The fourth-order valence-corrected chi connectivity index (χ4v) is 11.3. The minimum atomic E-state index is -3.07. The zero-order chi connectivity index (χ0) is 62.1. The summed E-state index contributed by atoms with van der Waals surface area (Å²) in [5.41, 5.74) is 5.95. The molecule has 7 rings (SSSR count). The highest BCUT2D eigenvalue weighted by molar-refractivity contribution is 5.76. The fourth-order valence-electron chi connectivity index (χ4n) is 11.3. The van der Waals surface area contributed by atoms with Gasteiger partial charge in [0.1, 0.15) is 128 Å². The Morgan fingerprint density at radius 1 is 0.488 bits per heavy atom. The molecule has 7 aliphatic rings. The molecule has 0 saturated carbocycles. The quantitative estimate of drug-likeness (QED) is 0.0479. The summed E-state index contributed by atoms with van der Waals surface area (Å²) in [5.74, 6) is -7.82. The first-order valence-corrected chi connectivity index (χ1v) is 27.6. The SMILES string of the molecule is CC1C(O)[C@H](O[C@@H]2OC(CO)[C@H](O)C(O[C@]3(C(=O)O)C[C@@H](O)[C@@H](N)C([C@H](O)[C@H](O)CO)O3)[C@@H]2O)[C@H](CO)O[C@H]1O[C@@H]1C(O)[C@H](O)C(CO)O[C@@H]1OCC1O[C@@H](O[C@@H]2C(CO)O[C@@H](O[C@@H]3C(CO)O[C@@H](C)C(C)[C@H]3O)[C@@H](C)C2O)[C@H](O)C(O)[C@@H]1O. The molecule has 0 aromatic carbocycles. The van der Waals surface area contributed by atoms with Gasteiger partial charge in [-0.3, -0.25) is 0 Å². The van der Waals surface area contributed by atoms with Crippen LogP contribution in [0.5, 0.6) is 0 Å². The highest BCUT2D eigenvalue weighted by Gasteiger charge is 2.61. The van der Waals surface area contributed by atoms with Gasteiger partial charge in [-0.05, 0) is 6.92 Å². The second kappa shape index (κ2) is 29.4. The Morgan fingerprint density at radius 3 is 1.43 bits per heavy atom. The van der Waals surface area contributed by atoms with Crippen LogP contribution in [0.2, 0.25) is 0 Å². The first kappa shape index (κ1) is 69.6. The van der Waals surface area contributed by atoms with Crippen LogP contribution in [-0.2, 0) is 66.4 Å². The molecule has 0 radical (unpaired) electrons. The molecule has 35 heteroatoms. The molecule has 0 bridgehead atoms. The number of hydrogen-bond donors (Lipinski definition) is 21. The van der Waals surface area contributed by atoms with E-state index in [1.807, 2.05) is 0 Å². The van der Waals surface area contributed by atoms with Crippen LogP contribution in [0.4, 0.5) is 0 Å². The Bertz CT molecular complexity index is 2040. The number of aliphatic carboxylic acids is 1. The molecule has 13 unspecified atom stereocenters. The molecule has 22 N–H and O–H groups in total. The van der Waals surface area contributed by atoms with Crippen LogP contribution in [0.25, 0.3) is 0 Å². The number of nitrogens with two attached hydrogens (primary N) is 1.